The van der Waals surface area contributed by atoms with Crippen molar-refractivity contribution in [3.63, 3.8) is 0 Å². The molecule has 98 valence electrons. The quantitative estimate of drug-likeness (QED) is 0.423. The van der Waals surface area contributed by atoms with Crippen molar-refractivity contribution in [3.8, 4) is 0 Å². The van der Waals surface area contributed by atoms with Crippen LogP contribution in [0.5, 0.6) is 0 Å². The number of imidazole rings is 1. The van der Waals surface area contributed by atoms with Crippen molar-refractivity contribution in [1.29, 1.82) is 0 Å². The van der Waals surface area contributed by atoms with Crippen molar-refractivity contribution in [2.75, 3.05) is 0 Å². The smallest absolute Gasteiger partial charge is 0.145 e. The third kappa shape index (κ3) is 1.36. The number of fused-ring (bicyclic) bond motifs is 6. The molecule has 0 atom stereocenters. The Kier molecular flexibility index (Phi) is 2.19. The normalized spacial score (nSPS) is 11.8. The molecule has 0 radical (unpaired) electrons. The Morgan fingerprint density at radius 3 is 2.45 bits per heavy atom. The molecule has 0 unspecified atom stereocenters. The summed E-state index contributed by atoms with van der Waals surface area (Å²) in [5.41, 5.74) is 6.12. The van der Waals surface area contributed by atoms with E-state index in [0.29, 0.717) is 0 Å². The summed E-state index contributed by atoms with van der Waals surface area (Å²) in [6.45, 7) is 6.46. The van der Waals surface area contributed by atoms with Crippen molar-refractivity contribution in [3.05, 3.63) is 59.4 Å². The van der Waals surface area contributed by atoms with E-state index in [-0.39, 0.29) is 0 Å². The Bertz CT molecular complexity index is 977. The maximum atomic E-state index is 4.62. The van der Waals surface area contributed by atoms with Gasteiger partial charge in [0.15, 0.2) is 0 Å². The van der Waals surface area contributed by atoms with Crippen molar-refractivity contribution in [2.24, 2.45) is 0 Å². The molecule has 4 aromatic rings. The predicted octanol–water partition coefficient (Wildman–Crippen LogP) is 4.57. The zero-order chi connectivity index (χ0) is 13.9. The molecule has 0 amide bonds. The van der Waals surface area contributed by atoms with E-state index in [2.05, 4.69) is 66.6 Å². The molecule has 0 saturated carbocycles. The number of aryl methyl sites for hydroxylation is 3. The van der Waals surface area contributed by atoms with E-state index in [9.17, 15) is 0 Å². The second kappa shape index (κ2) is 3.83. The number of rotatable bonds is 0. The van der Waals surface area contributed by atoms with Crippen LogP contribution in [0.15, 0.2) is 42.6 Å². The van der Waals surface area contributed by atoms with Gasteiger partial charge in [0.25, 0.3) is 0 Å². The highest BCUT2D eigenvalue weighted by atomic mass is 15.0. The lowest BCUT2D eigenvalue weighted by molar-refractivity contribution is 1.16. The van der Waals surface area contributed by atoms with Crippen LogP contribution in [0.3, 0.4) is 0 Å². The van der Waals surface area contributed by atoms with E-state index in [1.54, 1.807) is 0 Å². The lowest BCUT2D eigenvalue weighted by Gasteiger charge is -2.12. The highest BCUT2D eigenvalue weighted by molar-refractivity contribution is 6.12. The maximum Gasteiger partial charge on any atom is 0.145 e. The van der Waals surface area contributed by atoms with Crippen molar-refractivity contribution in [1.82, 2.24) is 9.38 Å². The molecule has 2 nitrogen and oxygen atoms in total. The van der Waals surface area contributed by atoms with Crippen LogP contribution >= 0.6 is 0 Å². The first-order valence-corrected chi connectivity index (χ1v) is 6.92. The van der Waals surface area contributed by atoms with Gasteiger partial charge >= 0.3 is 0 Å². The van der Waals surface area contributed by atoms with Crippen LogP contribution in [-0.2, 0) is 0 Å². The first-order valence-electron chi connectivity index (χ1n) is 6.92. The van der Waals surface area contributed by atoms with Gasteiger partial charge in [0.2, 0.25) is 0 Å². The van der Waals surface area contributed by atoms with Crippen molar-refractivity contribution in [2.45, 2.75) is 20.8 Å². The fraction of sp³-hybridized carbons (Fsp3) is 0.167. The molecule has 0 bridgehead atoms. The second-order valence-electron chi connectivity index (χ2n) is 5.58. The fourth-order valence-corrected chi connectivity index (χ4v) is 3.28. The molecule has 0 N–H and O–H groups in total. The van der Waals surface area contributed by atoms with Gasteiger partial charge in [0.1, 0.15) is 5.65 Å². The van der Waals surface area contributed by atoms with E-state index in [1.165, 1.54) is 38.5 Å². The molecule has 0 spiro atoms. The zero-order valence-electron chi connectivity index (χ0n) is 11.9. The number of nitrogens with zero attached hydrogens (tertiary/aromatic N) is 2. The van der Waals surface area contributed by atoms with Crippen molar-refractivity contribution < 1.29 is 0 Å². The summed E-state index contributed by atoms with van der Waals surface area (Å²) in [6.07, 6.45) is 1.96. The Balaban J connectivity index is 2.47. The van der Waals surface area contributed by atoms with Crippen molar-refractivity contribution >= 4 is 27.3 Å². The van der Waals surface area contributed by atoms with Crippen LogP contribution in [0.4, 0.5) is 0 Å². The zero-order valence-corrected chi connectivity index (χ0v) is 11.9. The average Bonchev–Trinajstić information content (AvgIpc) is 2.81. The summed E-state index contributed by atoms with van der Waals surface area (Å²) in [5.74, 6) is 0. The Hall–Kier alpha value is -2.35. The van der Waals surface area contributed by atoms with Gasteiger partial charge in [0, 0.05) is 22.7 Å². The van der Waals surface area contributed by atoms with Gasteiger partial charge < -0.3 is 0 Å². The fourth-order valence-electron chi connectivity index (χ4n) is 3.28. The molecule has 0 aliphatic rings. The van der Waals surface area contributed by atoms with E-state index < -0.39 is 0 Å². The van der Waals surface area contributed by atoms with Gasteiger partial charge in [-0.15, -0.1) is 0 Å². The summed E-state index contributed by atoms with van der Waals surface area (Å²) >= 11 is 0. The van der Waals surface area contributed by atoms with Gasteiger partial charge in [-0.05, 0) is 37.8 Å². The predicted molar refractivity (Wildman–Crippen MR) is 84.4 cm³/mol. The summed E-state index contributed by atoms with van der Waals surface area (Å²) in [7, 11) is 0. The van der Waals surface area contributed by atoms with Gasteiger partial charge in [0.05, 0.1) is 5.52 Å². The molecule has 4 rings (SSSR count). The maximum absolute atomic E-state index is 4.62. The topological polar surface area (TPSA) is 17.3 Å². The van der Waals surface area contributed by atoms with Gasteiger partial charge in [-0.1, -0.05) is 35.9 Å². The first-order chi connectivity index (χ1) is 9.66. The molecule has 20 heavy (non-hydrogen) atoms. The Morgan fingerprint density at radius 2 is 1.65 bits per heavy atom. The average molecular weight is 260 g/mol. The number of aromatic nitrogens is 2. The number of pyridine rings is 1. The minimum Gasteiger partial charge on any atom is -0.296 e. The molecule has 0 fully saturated rings. The Morgan fingerprint density at radius 1 is 0.900 bits per heavy atom. The van der Waals surface area contributed by atoms with Gasteiger partial charge in [-0.3, -0.25) is 4.40 Å². The third-order valence-corrected chi connectivity index (χ3v) is 4.06. The summed E-state index contributed by atoms with van der Waals surface area (Å²) < 4.78 is 2.28. The van der Waals surface area contributed by atoms with E-state index in [1.807, 2.05) is 6.20 Å². The second-order valence-corrected chi connectivity index (χ2v) is 5.58. The minimum absolute atomic E-state index is 1.05. The summed E-state index contributed by atoms with van der Waals surface area (Å²) in [6, 6.07) is 13.1. The lowest BCUT2D eigenvalue weighted by Crippen LogP contribution is -1.96. The highest BCUT2D eigenvalue weighted by Gasteiger charge is 2.12. The molecule has 0 aliphatic carbocycles. The minimum atomic E-state index is 1.05. The van der Waals surface area contributed by atoms with Crippen LogP contribution in [0.2, 0.25) is 0 Å². The van der Waals surface area contributed by atoms with E-state index >= 15 is 0 Å². The highest BCUT2D eigenvalue weighted by Crippen LogP contribution is 2.32. The molecular formula is C18H16N2. The van der Waals surface area contributed by atoms with Gasteiger partial charge in [-0.2, -0.15) is 0 Å². The van der Waals surface area contributed by atoms with Crippen LogP contribution in [0.1, 0.15) is 16.8 Å². The molecule has 2 heteroatoms. The van der Waals surface area contributed by atoms with Crippen LogP contribution in [0.25, 0.3) is 27.3 Å². The molecule has 2 aromatic heterocycles. The lowest BCUT2D eigenvalue weighted by atomic mass is 10.0. The standard InChI is InChI=1S/C18H16N2/c1-11-8-12(2)17-16(9-11)14-6-4-5-7-15(14)18-19-10-13(3)20(17)18/h4-10H,1-3H3. The Labute approximate surface area is 117 Å². The molecular weight excluding hydrogens is 244 g/mol. The van der Waals surface area contributed by atoms with Crippen LogP contribution in [0, 0.1) is 20.8 Å². The SMILES string of the molecule is Cc1cc(C)c2c(c1)c1ccccc1c1ncc(C)n12. The molecule has 0 aliphatic heterocycles. The summed E-state index contributed by atoms with van der Waals surface area (Å²) in [4.78, 5) is 4.62. The summed E-state index contributed by atoms with van der Waals surface area (Å²) in [5, 5.41) is 3.82. The number of benzene rings is 2. The molecule has 0 saturated heterocycles. The van der Waals surface area contributed by atoms with Crippen LogP contribution < -0.4 is 0 Å². The third-order valence-electron chi connectivity index (χ3n) is 4.06. The number of hydrogen-bond donors (Lipinski definition) is 0. The van der Waals surface area contributed by atoms with Gasteiger partial charge in [-0.25, -0.2) is 4.98 Å². The number of hydrogen-bond acceptors (Lipinski definition) is 1. The largest absolute Gasteiger partial charge is 0.296 e. The van der Waals surface area contributed by atoms with E-state index in [4.69, 9.17) is 0 Å². The molecule has 2 aromatic carbocycles. The molecule has 2 heterocycles. The van der Waals surface area contributed by atoms with E-state index in [0.717, 1.165) is 5.65 Å². The monoisotopic (exact) mass is 260 g/mol. The first kappa shape index (κ1) is 11.5. The van der Waals surface area contributed by atoms with Crippen LogP contribution in [-0.4, -0.2) is 9.38 Å².